The maximum atomic E-state index is 7.63. The first-order valence-corrected chi connectivity index (χ1v) is 6.17. The van der Waals surface area contributed by atoms with Gasteiger partial charge in [-0.1, -0.05) is 25.1 Å². The van der Waals surface area contributed by atoms with Gasteiger partial charge in [0, 0.05) is 17.0 Å². The molecular formula is C13H20Cl2N6. The van der Waals surface area contributed by atoms with Crippen molar-refractivity contribution in [3.63, 3.8) is 0 Å². The van der Waals surface area contributed by atoms with E-state index < -0.39 is 0 Å². The molecule has 0 saturated heterocycles. The normalized spacial score (nSPS) is 17.4. The van der Waals surface area contributed by atoms with Crippen LogP contribution in [0.25, 0.3) is 0 Å². The number of amidine groups is 1. The molecule has 7 N–H and O–H groups in total. The monoisotopic (exact) mass is 330 g/mol. The number of nitrogens with two attached hydrogens (primary N) is 3. The Hall–Kier alpha value is -1.79. The van der Waals surface area contributed by atoms with Crippen LogP contribution in [0.2, 0.25) is 0 Å². The van der Waals surface area contributed by atoms with Crippen LogP contribution >= 0.6 is 24.8 Å². The topological polar surface area (TPSA) is 127 Å². The fourth-order valence-corrected chi connectivity index (χ4v) is 2.45. The lowest BCUT2D eigenvalue weighted by Gasteiger charge is -2.05. The highest BCUT2D eigenvalue weighted by Gasteiger charge is 2.29. The number of halogens is 2. The summed E-state index contributed by atoms with van der Waals surface area (Å²) in [5, 5.41) is 15.5. The molecule has 1 unspecified atom stereocenters. The van der Waals surface area contributed by atoms with Crippen LogP contribution < -0.4 is 17.2 Å². The van der Waals surface area contributed by atoms with E-state index in [9.17, 15) is 0 Å². The smallest absolute Gasteiger partial charge is 0.211 e. The number of nitrogens with one attached hydrogen (secondary N) is 1. The summed E-state index contributed by atoms with van der Waals surface area (Å²) in [6.07, 6.45) is 1.76. The molecule has 2 rings (SSSR count). The summed E-state index contributed by atoms with van der Waals surface area (Å²) < 4.78 is 0. The molecule has 0 saturated carbocycles. The van der Waals surface area contributed by atoms with Gasteiger partial charge in [0.25, 0.3) is 0 Å². The molecule has 1 atom stereocenters. The highest BCUT2D eigenvalue weighted by Crippen LogP contribution is 2.32. The third-order valence-electron chi connectivity index (χ3n) is 3.35. The van der Waals surface area contributed by atoms with Gasteiger partial charge >= 0.3 is 0 Å². The largest absolute Gasteiger partial charge is 0.384 e. The minimum atomic E-state index is -0.0569. The van der Waals surface area contributed by atoms with Crippen molar-refractivity contribution in [2.45, 2.75) is 19.8 Å². The lowest BCUT2D eigenvalue weighted by molar-refractivity contribution is 0.682. The Labute approximate surface area is 136 Å². The van der Waals surface area contributed by atoms with E-state index in [4.69, 9.17) is 22.6 Å². The lowest BCUT2D eigenvalue weighted by Crippen LogP contribution is -2.22. The average Bonchev–Trinajstić information content (AvgIpc) is 2.73. The molecule has 8 heteroatoms. The molecule has 6 nitrogen and oxygen atoms in total. The summed E-state index contributed by atoms with van der Waals surface area (Å²) in [4.78, 5) is 0. The maximum Gasteiger partial charge on any atom is 0.211 e. The molecule has 0 spiro atoms. The zero-order chi connectivity index (χ0) is 14.0. The Morgan fingerprint density at radius 2 is 1.95 bits per heavy atom. The Balaban J connectivity index is 0.00000200. The SMILES string of the molecule is CCC1Cc2c(C(=N)N)cccc2C1=NN=C(N)N.Cl.Cl. The summed E-state index contributed by atoms with van der Waals surface area (Å²) in [7, 11) is 0. The van der Waals surface area contributed by atoms with E-state index in [1.54, 1.807) is 0 Å². The molecule has 0 fully saturated rings. The molecular weight excluding hydrogens is 311 g/mol. The van der Waals surface area contributed by atoms with Crippen LogP contribution in [0.4, 0.5) is 0 Å². The van der Waals surface area contributed by atoms with E-state index in [1.165, 1.54) is 0 Å². The van der Waals surface area contributed by atoms with E-state index in [1.807, 2.05) is 18.2 Å². The van der Waals surface area contributed by atoms with Gasteiger partial charge in [-0.15, -0.1) is 29.9 Å². The quantitative estimate of drug-likeness (QED) is 0.379. The number of benzene rings is 1. The summed E-state index contributed by atoms with van der Waals surface area (Å²) >= 11 is 0. The highest BCUT2D eigenvalue weighted by atomic mass is 35.5. The minimum Gasteiger partial charge on any atom is -0.384 e. The minimum absolute atomic E-state index is 0. The molecule has 1 aliphatic rings. The zero-order valence-electron chi connectivity index (χ0n) is 11.7. The van der Waals surface area contributed by atoms with Crippen LogP contribution in [0.5, 0.6) is 0 Å². The van der Waals surface area contributed by atoms with Crippen molar-refractivity contribution in [3.05, 3.63) is 34.9 Å². The van der Waals surface area contributed by atoms with Crippen molar-refractivity contribution in [3.8, 4) is 0 Å². The molecule has 0 aromatic heterocycles. The first-order chi connectivity index (χ1) is 9.04. The summed E-state index contributed by atoms with van der Waals surface area (Å²) in [5.41, 5.74) is 20.0. The standard InChI is InChI=1S/C13H18N6.2ClH/c1-2-7-6-10-8(11(7)18-19-13(16)17)4-3-5-9(10)12(14)15;;/h3-5,7H,2,6H2,1H3,(H3,14,15)(H4,16,17,19);2*1H. The Morgan fingerprint density at radius 1 is 1.29 bits per heavy atom. The highest BCUT2D eigenvalue weighted by molar-refractivity contribution is 6.09. The van der Waals surface area contributed by atoms with Gasteiger partial charge in [0.15, 0.2) is 0 Å². The Kier molecular flexibility index (Phi) is 7.18. The summed E-state index contributed by atoms with van der Waals surface area (Å²) in [6, 6.07) is 5.70. The molecule has 0 radical (unpaired) electrons. The molecule has 1 aromatic rings. The van der Waals surface area contributed by atoms with E-state index in [0.29, 0.717) is 0 Å². The third kappa shape index (κ3) is 3.86. The van der Waals surface area contributed by atoms with Gasteiger partial charge in [0.1, 0.15) is 5.84 Å². The fraction of sp³-hybridized carbons (Fsp3) is 0.308. The average molecular weight is 331 g/mol. The van der Waals surface area contributed by atoms with Crippen LogP contribution in [0.3, 0.4) is 0 Å². The van der Waals surface area contributed by atoms with Gasteiger partial charge in [-0.2, -0.15) is 5.10 Å². The van der Waals surface area contributed by atoms with Gasteiger partial charge in [-0.05, 0) is 18.4 Å². The van der Waals surface area contributed by atoms with Crippen LogP contribution in [0.1, 0.15) is 30.0 Å². The van der Waals surface area contributed by atoms with Gasteiger partial charge in [-0.3, -0.25) is 5.41 Å². The van der Waals surface area contributed by atoms with Gasteiger partial charge in [0.2, 0.25) is 5.96 Å². The molecule has 1 aromatic carbocycles. The zero-order valence-corrected chi connectivity index (χ0v) is 13.3. The number of rotatable bonds is 3. The van der Waals surface area contributed by atoms with Gasteiger partial charge in [0.05, 0.1) is 5.71 Å². The van der Waals surface area contributed by atoms with Crippen molar-refractivity contribution in [2.24, 2.45) is 33.3 Å². The fourth-order valence-electron chi connectivity index (χ4n) is 2.45. The van der Waals surface area contributed by atoms with E-state index >= 15 is 0 Å². The van der Waals surface area contributed by atoms with Crippen molar-refractivity contribution >= 4 is 42.3 Å². The molecule has 21 heavy (non-hydrogen) atoms. The molecule has 0 bridgehead atoms. The Bertz CT molecular complexity index is 578. The lowest BCUT2D eigenvalue weighted by atomic mass is 10.0. The summed E-state index contributed by atoms with van der Waals surface area (Å²) in [5.74, 6) is 0.284. The van der Waals surface area contributed by atoms with E-state index in [-0.39, 0.29) is 42.5 Å². The van der Waals surface area contributed by atoms with Gasteiger partial charge < -0.3 is 17.2 Å². The van der Waals surface area contributed by atoms with Gasteiger partial charge in [-0.25, -0.2) is 0 Å². The summed E-state index contributed by atoms with van der Waals surface area (Å²) in [6.45, 7) is 2.09. The molecule has 0 heterocycles. The number of guanidine groups is 1. The van der Waals surface area contributed by atoms with Crippen molar-refractivity contribution in [1.29, 1.82) is 5.41 Å². The molecule has 1 aliphatic carbocycles. The molecule has 0 aliphatic heterocycles. The van der Waals surface area contributed by atoms with Crippen LogP contribution in [-0.2, 0) is 6.42 Å². The Morgan fingerprint density at radius 3 is 2.48 bits per heavy atom. The van der Waals surface area contributed by atoms with E-state index in [2.05, 4.69) is 17.1 Å². The predicted octanol–water partition coefficient (Wildman–Crippen LogP) is 1.37. The van der Waals surface area contributed by atoms with Crippen LogP contribution in [0, 0.1) is 11.3 Å². The number of hydrogen-bond donors (Lipinski definition) is 4. The first kappa shape index (κ1) is 19.2. The second-order valence-electron chi connectivity index (χ2n) is 4.56. The second kappa shape index (κ2) is 7.85. The number of hydrogen-bond acceptors (Lipinski definition) is 3. The van der Waals surface area contributed by atoms with Crippen LogP contribution in [0.15, 0.2) is 28.4 Å². The predicted molar refractivity (Wildman–Crippen MR) is 91.8 cm³/mol. The van der Waals surface area contributed by atoms with Crippen LogP contribution in [-0.4, -0.2) is 17.5 Å². The second-order valence-corrected chi connectivity index (χ2v) is 4.56. The molecule has 116 valence electrons. The van der Waals surface area contributed by atoms with E-state index in [0.717, 1.165) is 35.2 Å². The number of fused-ring (bicyclic) bond motifs is 1. The molecule has 0 amide bonds. The first-order valence-electron chi connectivity index (χ1n) is 6.17. The van der Waals surface area contributed by atoms with Crippen molar-refractivity contribution in [2.75, 3.05) is 0 Å². The maximum absolute atomic E-state index is 7.63. The number of nitrogens with zero attached hydrogens (tertiary/aromatic N) is 2. The van der Waals surface area contributed by atoms with Crippen molar-refractivity contribution < 1.29 is 0 Å². The van der Waals surface area contributed by atoms with Crippen molar-refractivity contribution in [1.82, 2.24) is 0 Å². The third-order valence-corrected chi connectivity index (χ3v) is 3.35. The number of nitrogen functional groups attached to an aromatic ring is 1.